The quantitative estimate of drug-likeness (QED) is 0.704. The summed E-state index contributed by atoms with van der Waals surface area (Å²) in [6.07, 6.45) is 0. The van der Waals surface area contributed by atoms with Gasteiger partial charge in [-0.3, -0.25) is 4.79 Å². The van der Waals surface area contributed by atoms with Gasteiger partial charge in [0.15, 0.2) is 0 Å². The van der Waals surface area contributed by atoms with Crippen molar-refractivity contribution in [3.8, 4) is 0 Å². The van der Waals surface area contributed by atoms with Crippen LogP contribution in [0.4, 0.5) is 5.69 Å². The summed E-state index contributed by atoms with van der Waals surface area (Å²) in [5.74, 6) is -0.873. The number of amides is 1. The van der Waals surface area contributed by atoms with E-state index in [1.807, 2.05) is 0 Å². The summed E-state index contributed by atoms with van der Waals surface area (Å²) in [6, 6.07) is 10.8. The minimum atomic E-state index is -3.71. The first-order valence-corrected chi connectivity index (χ1v) is 11.0. The second-order valence-electron chi connectivity index (χ2n) is 6.75. The van der Waals surface area contributed by atoms with Crippen LogP contribution in [-0.4, -0.2) is 57.5 Å². The average Bonchev–Trinajstić information content (AvgIpc) is 2.75. The van der Waals surface area contributed by atoms with Gasteiger partial charge in [0.1, 0.15) is 0 Å². The molecule has 2 aromatic rings. The number of nitrogens with zero attached hydrogens (tertiary/aromatic N) is 1. The van der Waals surface area contributed by atoms with Crippen LogP contribution in [-0.2, 0) is 19.5 Å². The number of benzene rings is 2. The molecule has 8 nitrogen and oxygen atoms in total. The van der Waals surface area contributed by atoms with E-state index in [-0.39, 0.29) is 30.2 Å². The Hall–Kier alpha value is -2.75. The van der Waals surface area contributed by atoms with E-state index >= 15 is 0 Å². The predicted molar refractivity (Wildman–Crippen MR) is 111 cm³/mol. The van der Waals surface area contributed by atoms with Crippen LogP contribution in [0.2, 0.25) is 0 Å². The zero-order valence-electron chi connectivity index (χ0n) is 16.9. The van der Waals surface area contributed by atoms with Crippen molar-refractivity contribution in [1.29, 1.82) is 0 Å². The molecule has 1 N–H and O–H groups in total. The number of carbonyl (C=O) groups is 2. The lowest BCUT2D eigenvalue weighted by molar-refractivity contribution is 0.0526. The molecule has 0 unspecified atom stereocenters. The van der Waals surface area contributed by atoms with E-state index in [0.29, 0.717) is 30.0 Å². The fourth-order valence-corrected chi connectivity index (χ4v) is 4.48. The minimum absolute atomic E-state index is 0.0674. The van der Waals surface area contributed by atoms with Crippen molar-refractivity contribution in [3.05, 3.63) is 59.2 Å². The van der Waals surface area contributed by atoms with Crippen molar-refractivity contribution in [3.63, 3.8) is 0 Å². The summed E-state index contributed by atoms with van der Waals surface area (Å²) >= 11 is 0. The molecule has 2 aromatic carbocycles. The number of hydrogen-bond acceptors (Lipinski definition) is 6. The van der Waals surface area contributed by atoms with Crippen LogP contribution in [0.1, 0.15) is 33.2 Å². The average molecular weight is 432 g/mol. The van der Waals surface area contributed by atoms with Gasteiger partial charge in [-0.05, 0) is 55.8 Å². The van der Waals surface area contributed by atoms with Gasteiger partial charge in [0, 0.05) is 24.3 Å². The summed E-state index contributed by atoms with van der Waals surface area (Å²) in [7, 11) is -3.71. The Balaban J connectivity index is 1.79. The van der Waals surface area contributed by atoms with Crippen molar-refractivity contribution in [2.24, 2.45) is 0 Å². The Morgan fingerprint density at radius 1 is 1.10 bits per heavy atom. The van der Waals surface area contributed by atoms with E-state index in [2.05, 4.69) is 5.32 Å². The minimum Gasteiger partial charge on any atom is -0.462 e. The van der Waals surface area contributed by atoms with Crippen molar-refractivity contribution in [1.82, 2.24) is 4.31 Å². The summed E-state index contributed by atoms with van der Waals surface area (Å²) in [4.78, 5) is 24.6. The molecule has 0 aromatic heterocycles. The second kappa shape index (κ2) is 9.38. The molecule has 1 aliphatic rings. The van der Waals surface area contributed by atoms with Gasteiger partial charge in [0.05, 0.1) is 30.3 Å². The zero-order valence-corrected chi connectivity index (χ0v) is 17.7. The Morgan fingerprint density at radius 3 is 2.40 bits per heavy atom. The number of aryl methyl sites for hydroxylation is 1. The summed E-state index contributed by atoms with van der Waals surface area (Å²) < 4.78 is 37.3. The van der Waals surface area contributed by atoms with Crippen molar-refractivity contribution < 1.29 is 27.5 Å². The molecule has 0 aliphatic carbocycles. The van der Waals surface area contributed by atoms with Crippen LogP contribution in [0, 0.1) is 6.92 Å². The molecule has 30 heavy (non-hydrogen) atoms. The van der Waals surface area contributed by atoms with E-state index in [4.69, 9.17) is 9.47 Å². The van der Waals surface area contributed by atoms with Gasteiger partial charge in [0.25, 0.3) is 5.91 Å². The number of rotatable bonds is 6. The summed E-state index contributed by atoms with van der Waals surface area (Å²) in [6.45, 7) is 5.00. The van der Waals surface area contributed by atoms with E-state index in [1.165, 1.54) is 16.4 Å². The monoisotopic (exact) mass is 432 g/mol. The molecule has 0 bridgehead atoms. The van der Waals surface area contributed by atoms with Crippen LogP contribution in [0.25, 0.3) is 0 Å². The Bertz CT molecular complexity index is 1030. The highest BCUT2D eigenvalue weighted by atomic mass is 32.2. The molecule has 160 valence electrons. The van der Waals surface area contributed by atoms with E-state index in [0.717, 1.165) is 0 Å². The number of ether oxygens (including phenoxy) is 2. The molecule has 1 saturated heterocycles. The molecule has 1 heterocycles. The Labute approximate surface area is 175 Å². The first kappa shape index (κ1) is 21.9. The second-order valence-corrected chi connectivity index (χ2v) is 8.68. The van der Waals surface area contributed by atoms with Crippen LogP contribution < -0.4 is 5.32 Å². The Morgan fingerprint density at radius 2 is 1.77 bits per heavy atom. The number of anilines is 1. The highest BCUT2D eigenvalue weighted by Gasteiger charge is 2.27. The largest absolute Gasteiger partial charge is 0.462 e. The normalized spacial score (nSPS) is 14.9. The van der Waals surface area contributed by atoms with Gasteiger partial charge in [-0.15, -0.1) is 0 Å². The van der Waals surface area contributed by atoms with E-state index < -0.39 is 21.9 Å². The first-order valence-electron chi connectivity index (χ1n) is 9.60. The van der Waals surface area contributed by atoms with Gasteiger partial charge >= 0.3 is 5.97 Å². The molecule has 3 rings (SSSR count). The van der Waals surface area contributed by atoms with Gasteiger partial charge in [0.2, 0.25) is 10.0 Å². The van der Waals surface area contributed by atoms with Gasteiger partial charge in [-0.2, -0.15) is 4.31 Å². The molecule has 0 atom stereocenters. The van der Waals surface area contributed by atoms with Gasteiger partial charge in [-0.25, -0.2) is 13.2 Å². The van der Waals surface area contributed by atoms with Crippen LogP contribution in [0.15, 0.2) is 47.4 Å². The fraction of sp³-hybridized carbons (Fsp3) is 0.333. The number of esters is 1. The van der Waals surface area contributed by atoms with Gasteiger partial charge in [-0.1, -0.05) is 6.07 Å². The van der Waals surface area contributed by atoms with Crippen molar-refractivity contribution >= 4 is 27.6 Å². The molecule has 1 fully saturated rings. The molecule has 0 saturated carbocycles. The summed E-state index contributed by atoms with van der Waals surface area (Å²) in [5.41, 5.74) is 1.77. The Kier molecular flexibility index (Phi) is 6.86. The lowest BCUT2D eigenvalue weighted by atomic mass is 10.1. The standard InChI is InChI=1S/C21H24N2O6S/c1-3-29-21(25)16-5-7-17(8-6-16)22-20(24)19-14-18(9-4-15(19)2)30(26,27)23-10-12-28-13-11-23/h4-9,14H,3,10-13H2,1-2H3,(H,22,24). The number of hydrogen-bond donors (Lipinski definition) is 1. The third-order valence-electron chi connectivity index (χ3n) is 4.72. The molecule has 0 spiro atoms. The van der Waals surface area contributed by atoms with Crippen LogP contribution in [0.3, 0.4) is 0 Å². The predicted octanol–water partition coefficient (Wildman–Crippen LogP) is 2.44. The molecular weight excluding hydrogens is 408 g/mol. The highest BCUT2D eigenvalue weighted by Crippen LogP contribution is 2.22. The SMILES string of the molecule is CCOC(=O)c1ccc(NC(=O)c2cc(S(=O)(=O)N3CCOCC3)ccc2C)cc1. The number of morpholine rings is 1. The third-order valence-corrected chi connectivity index (χ3v) is 6.61. The number of sulfonamides is 1. The molecule has 0 radical (unpaired) electrons. The fourth-order valence-electron chi connectivity index (χ4n) is 3.04. The number of nitrogens with one attached hydrogen (secondary N) is 1. The highest BCUT2D eigenvalue weighted by molar-refractivity contribution is 7.89. The van der Waals surface area contributed by atoms with Crippen molar-refractivity contribution in [2.75, 3.05) is 38.2 Å². The zero-order chi connectivity index (χ0) is 21.7. The molecule has 9 heteroatoms. The molecule has 1 amide bonds. The van der Waals surface area contributed by atoms with Crippen LogP contribution in [0.5, 0.6) is 0 Å². The van der Waals surface area contributed by atoms with Gasteiger partial charge < -0.3 is 14.8 Å². The lowest BCUT2D eigenvalue weighted by Crippen LogP contribution is -2.40. The summed E-state index contributed by atoms with van der Waals surface area (Å²) in [5, 5.41) is 2.74. The lowest BCUT2D eigenvalue weighted by Gasteiger charge is -2.26. The number of carbonyl (C=O) groups excluding carboxylic acids is 2. The van der Waals surface area contributed by atoms with E-state index in [9.17, 15) is 18.0 Å². The van der Waals surface area contributed by atoms with E-state index in [1.54, 1.807) is 44.2 Å². The molecule has 1 aliphatic heterocycles. The smallest absolute Gasteiger partial charge is 0.338 e. The van der Waals surface area contributed by atoms with Crippen molar-refractivity contribution in [2.45, 2.75) is 18.7 Å². The first-order chi connectivity index (χ1) is 14.3. The third kappa shape index (κ3) is 4.86. The maximum absolute atomic E-state index is 12.9. The molecular formula is C21H24N2O6S. The van der Waals surface area contributed by atoms with Crippen LogP contribution >= 0.6 is 0 Å². The topological polar surface area (TPSA) is 102 Å². The maximum atomic E-state index is 12.9. The maximum Gasteiger partial charge on any atom is 0.338 e.